The van der Waals surface area contributed by atoms with Gasteiger partial charge in [-0.15, -0.1) is 0 Å². The van der Waals surface area contributed by atoms with Gasteiger partial charge in [0.1, 0.15) is 0 Å². The molecule has 2 N–H and O–H groups in total. The molecule has 0 aromatic heterocycles. The van der Waals surface area contributed by atoms with E-state index in [4.69, 9.17) is 5.26 Å². The molecule has 0 bridgehead atoms. The molecular formula is C23H16BN3. The summed E-state index contributed by atoms with van der Waals surface area (Å²) in [6, 6.07) is 31.1. The normalized spacial score (nSPS) is 12.2. The number of nitrogens with zero attached hydrogens (tertiary/aromatic N) is 1. The second kappa shape index (κ2) is 6.23. The number of hydrogen-bond acceptors (Lipinski definition) is 3. The Morgan fingerprint density at radius 3 is 2.04 bits per heavy atom. The molecule has 0 radical (unpaired) electrons. The molecule has 0 amide bonds. The molecule has 1 aliphatic heterocycles. The lowest BCUT2D eigenvalue weighted by Crippen LogP contribution is -2.47. The van der Waals surface area contributed by atoms with Gasteiger partial charge in [-0.1, -0.05) is 60.7 Å². The summed E-state index contributed by atoms with van der Waals surface area (Å²) < 4.78 is 0. The fourth-order valence-corrected chi connectivity index (χ4v) is 3.73. The molecule has 0 spiro atoms. The number of nitriles is 1. The molecule has 0 aliphatic carbocycles. The van der Waals surface area contributed by atoms with Gasteiger partial charge in [0.25, 0.3) is 0 Å². The van der Waals surface area contributed by atoms with Gasteiger partial charge >= 0.3 is 6.98 Å². The van der Waals surface area contributed by atoms with Crippen LogP contribution in [0.2, 0.25) is 0 Å². The molecule has 4 aromatic carbocycles. The van der Waals surface area contributed by atoms with Crippen LogP contribution in [-0.2, 0) is 0 Å². The molecule has 0 saturated heterocycles. The molecule has 3 nitrogen and oxygen atoms in total. The van der Waals surface area contributed by atoms with E-state index in [2.05, 4.69) is 77.2 Å². The van der Waals surface area contributed by atoms with Crippen molar-refractivity contribution in [1.82, 2.24) is 0 Å². The Labute approximate surface area is 158 Å². The highest BCUT2D eigenvalue weighted by Gasteiger charge is 2.25. The number of rotatable bonds is 2. The van der Waals surface area contributed by atoms with Crippen LogP contribution in [0, 0.1) is 11.3 Å². The first-order valence-corrected chi connectivity index (χ1v) is 8.97. The lowest BCUT2D eigenvalue weighted by molar-refractivity contribution is 1.48. The number of benzene rings is 4. The van der Waals surface area contributed by atoms with Crippen LogP contribution in [0.1, 0.15) is 5.56 Å². The highest BCUT2D eigenvalue weighted by atomic mass is 15.0. The van der Waals surface area contributed by atoms with Crippen LogP contribution < -0.4 is 15.9 Å². The molecule has 126 valence electrons. The minimum Gasteiger partial charge on any atom is -0.405 e. The first kappa shape index (κ1) is 15.5. The van der Waals surface area contributed by atoms with Crippen LogP contribution in [0.5, 0.6) is 0 Å². The third-order valence-corrected chi connectivity index (χ3v) is 5.07. The maximum absolute atomic E-state index is 8.99. The Hall–Kier alpha value is -3.71. The van der Waals surface area contributed by atoms with E-state index in [0.717, 1.165) is 22.5 Å². The van der Waals surface area contributed by atoms with Gasteiger partial charge in [0.2, 0.25) is 0 Å². The lowest BCUT2D eigenvalue weighted by Gasteiger charge is -2.27. The fraction of sp³-hybridized carbons (Fsp3) is 0. The van der Waals surface area contributed by atoms with Gasteiger partial charge in [-0.2, -0.15) is 5.26 Å². The lowest BCUT2D eigenvalue weighted by atomic mass is 9.65. The molecule has 0 unspecified atom stereocenters. The first-order valence-electron chi connectivity index (χ1n) is 8.97. The summed E-state index contributed by atoms with van der Waals surface area (Å²) >= 11 is 0. The third kappa shape index (κ3) is 2.70. The zero-order chi connectivity index (χ0) is 18.2. The van der Waals surface area contributed by atoms with Gasteiger partial charge in [0, 0.05) is 16.8 Å². The molecule has 1 aliphatic rings. The van der Waals surface area contributed by atoms with E-state index >= 15 is 0 Å². The first-order chi connectivity index (χ1) is 13.3. The Morgan fingerprint density at radius 2 is 1.37 bits per heavy atom. The topological polar surface area (TPSA) is 47.9 Å². The summed E-state index contributed by atoms with van der Waals surface area (Å²) in [4.78, 5) is 0. The maximum atomic E-state index is 8.99. The Balaban J connectivity index is 1.52. The van der Waals surface area contributed by atoms with Crippen molar-refractivity contribution in [2.45, 2.75) is 0 Å². The summed E-state index contributed by atoms with van der Waals surface area (Å²) in [7, 11) is 0. The molecule has 4 aromatic rings. The smallest absolute Gasteiger partial charge is 0.405 e. The van der Waals surface area contributed by atoms with Crippen LogP contribution in [0.4, 0.5) is 11.4 Å². The molecule has 1 heterocycles. The van der Waals surface area contributed by atoms with E-state index in [-0.39, 0.29) is 6.98 Å². The zero-order valence-electron chi connectivity index (χ0n) is 14.6. The molecule has 0 atom stereocenters. The number of hydrogen-bond donors (Lipinski definition) is 2. The van der Waals surface area contributed by atoms with Gasteiger partial charge in [-0.05, 0) is 46.2 Å². The molecule has 4 heteroatoms. The van der Waals surface area contributed by atoms with Crippen LogP contribution in [0.15, 0.2) is 84.9 Å². The van der Waals surface area contributed by atoms with Gasteiger partial charge in [-0.3, -0.25) is 0 Å². The second-order valence-corrected chi connectivity index (χ2v) is 6.75. The van der Waals surface area contributed by atoms with Crippen molar-refractivity contribution in [1.29, 1.82) is 5.26 Å². The summed E-state index contributed by atoms with van der Waals surface area (Å²) in [5.41, 5.74) is 6.39. The summed E-state index contributed by atoms with van der Waals surface area (Å²) in [6.07, 6.45) is 0. The molecule has 27 heavy (non-hydrogen) atoms. The van der Waals surface area contributed by atoms with E-state index in [9.17, 15) is 0 Å². The number of nitrogens with one attached hydrogen (secondary N) is 2. The fourth-order valence-electron chi connectivity index (χ4n) is 3.73. The largest absolute Gasteiger partial charge is 0.406 e. The zero-order valence-corrected chi connectivity index (χ0v) is 14.6. The third-order valence-electron chi connectivity index (χ3n) is 5.07. The SMILES string of the molecule is N#Cc1ccc(-c2cccc(B3Nc4cccc5cccc(c45)N3)c2)cc1. The summed E-state index contributed by atoms with van der Waals surface area (Å²) in [5.74, 6) is 0. The summed E-state index contributed by atoms with van der Waals surface area (Å²) in [6.45, 7) is 0.00355. The van der Waals surface area contributed by atoms with E-state index in [1.807, 2.05) is 24.3 Å². The molecule has 5 rings (SSSR count). The predicted molar refractivity (Wildman–Crippen MR) is 113 cm³/mol. The highest BCUT2D eigenvalue weighted by molar-refractivity contribution is 6.80. The van der Waals surface area contributed by atoms with Crippen LogP contribution in [-0.4, -0.2) is 6.98 Å². The van der Waals surface area contributed by atoms with Crippen molar-refractivity contribution in [3.63, 3.8) is 0 Å². The van der Waals surface area contributed by atoms with Crippen LogP contribution in [0.3, 0.4) is 0 Å². The van der Waals surface area contributed by atoms with Crippen molar-refractivity contribution in [2.24, 2.45) is 0 Å². The minimum absolute atomic E-state index is 0.00355. The Morgan fingerprint density at radius 1 is 0.704 bits per heavy atom. The van der Waals surface area contributed by atoms with Crippen molar-refractivity contribution in [3.05, 3.63) is 90.5 Å². The molecule has 0 fully saturated rings. The van der Waals surface area contributed by atoms with Gasteiger partial charge in [0.15, 0.2) is 0 Å². The van der Waals surface area contributed by atoms with E-state index < -0.39 is 0 Å². The minimum atomic E-state index is 0.00355. The van der Waals surface area contributed by atoms with Gasteiger partial charge < -0.3 is 10.5 Å². The molecule has 0 saturated carbocycles. The van der Waals surface area contributed by atoms with Crippen LogP contribution in [0.25, 0.3) is 21.9 Å². The number of anilines is 2. The van der Waals surface area contributed by atoms with Gasteiger partial charge in [0.05, 0.1) is 11.6 Å². The summed E-state index contributed by atoms with van der Waals surface area (Å²) in [5, 5.41) is 18.7. The highest BCUT2D eigenvalue weighted by Crippen LogP contribution is 2.33. The average molecular weight is 345 g/mol. The predicted octanol–water partition coefficient (Wildman–Crippen LogP) is 4.61. The van der Waals surface area contributed by atoms with Gasteiger partial charge in [-0.25, -0.2) is 0 Å². The van der Waals surface area contributed by atoms with Crippen molar-refractivity contribution in [3.8, 4) is 17.2 Å². The molecular weight excluding hydrogens is 329 g/mol. The van der Waals surface area contributed by atoms with E-state index in [1.54, 1.807) is 0 Å². The van der Waals surface area contributed by atoms with Crippen molar-refractivity contribution < 1.29 is 0 Å². The van der Waals surface area contributed by atoms with Crippen molar-refractivity contribution in [2.75, 3.05) is 10.5 Å². The maximum Gasteiger partial charge on any atom is 0.406 e. The standard InChI is InChI=1S/C23H16BN3/c25-15-16-10-12-17(13-11-16)19-6-1-7-20(14-19)24-26-21-8-2-4-18-5-3-9-22(27-24)23(18)21/h1-14,26-27H. The van der Waals surface area contributed by atoms with E-state index in [1.165, 1.54) is 16.2 Å². The van der Waals surface area contributed by atoms with Crippen LogP contribution >= 0.6 is 0 Å². The average Bonchev–Trinajstić information content (AvgIpc) is 2.74. The Kier molecular flexibility index (Phi) is 3.58. The second-order valence-electron chi connectivity index (χ2n) is 6.75. The van der Waals surface area contributed by atoms with E-state index in [0.29, 0.717) is 5.56 Å². The monoisotopic (exact) mass is 345 g/mol. The quantitative estimate of drug-likeness (QED) is 0.522. The Bertz CT molecular complexity index is 1150. The van der Waals surface area contributed by atoms with Crippen molar-refractivity contribution >= 4 is 34.6 Å².